The van der Waals surface area contributed by atoms with Crippen LogP contribution in [0.3, 0.4) is 0 Å². The quantitative estimate of drug-likeness (QED) is 0.849. The summed E-state index contributed by atoms with van der Waals surface area (Å²) in [6.45, 7) is 4.48. The van der Waals surface area contributed by atoms with Gasteiger partial charge in [-0.15, -0.1) is 0 Å². The molecule has 112 valence electrons. The number of hydrogen-bond donors (Lipinski definition) is 1. The van der Waals surface area contributed by atoms with Crippen molar-refractivity contribution in [1.29, 1.82) is 0 Å². The molecule has 0 amide bonds. The summed E-state index contributed by atoms with van der Waals surface area (Å²) in [5.41, 5.74) is 3.66. The van der Waals surface area contributed by atoms with E-state index in [1.807, 2.05) is 18.2 Å². The van der Waals surface area contributed by atoms with Crippen molar-refractivity contribution in [3.8, 4) is 5.75 Å². The molecule has 0 aliphatic heterocycles. The first-order valence-corrected chi connectivity index (χ1v) is 7.23. The Labute approximate surface area is 126 Å². The molecular formula is C18H23NO2. The fourth-order valence-electron chi connectivity index (χ4n) is 2.50. The van der Waals surface area contributed by atoms with Gasteiger partial charge in [0.25, 0.3) is 0 Å². The molecule has 0 saturated heterocycles. The van der Waals surface area contributed by atoms with Crippen molar-refractivity contribution in [2.75, 3.05) is 20.3 Å². The van der Waals surface area contributed by atoms with Gasteiger partial charge in [0.05, 0.1) is 13.7 Å². The van der Waals surface area contributed by atoms with Gasteiger partial charge in [-0.1, -0.05) is 48.0 Å². The normalized spacial score (nSPS) is 10.9. The van der Waals surface area contributed by atoms with E-state index in [0.717, 1.165) is 24.4 Å². The number of aryl methyl sites for hydroxylation is 1. The molecule has 0 aromatic heterocycles. The first-order valence-electron chi connectivity index (χ1n) is 7.23. The number of aliphatic hydroxyl groups excluding tert-OH is 1. The molecule has 3 heteroatoms. The lowest BCUT2D eigenvalue weighted by Crippen LogP contribution is -2.26. The lowest BCUT2D eigenvalue weighted by atomic mass is 10.1. The largest absolute Gasteiger partial charge is 0.496 e. The summed E-state index contributed by atoms with van der Waals surface area (Å²) < 4.78 is 5.40. The molecule has 1 N–H and O–H groups in total. The van der Waals surface area contributed by atoms with E-state index >= 15 is 0 Å². The molecule has 0 atom stereocenters. The highest BCUT2D eigenvalue weighted by Gasteiger charge is 2.10. The molecule has 0 aliphatic carbocycles. The van der Waals surface area contributed by atoms with Gasteiger partial charge >= 0.3 is 0 Å². The minimum Gasteiger partial charge on any atom is -0.496 e. The van der Waals surface area contributed by atoms with Crippen LogP contribution in [0.15, 0.2) is 48.5 Å². The van der Waals surface area contributed by atoms with Crippen LogP contribution in [0, 0.1) is 6.92 Å². The number of ether oxygens (including phenoxy) is 1. The second-order valence-electron chi connectivity index (χ2n) is 5.24. The summed E-state index contributed by atoms with van der Waals surface area (Å²) in [7, 11) is 1.69. The molecule has 0 radical (unpaired) electrons. The Kier molecular flexibility index (Phi) is 5.78. The predicted octanol–water partition coefficient (Wildman–Crippen LogP) is 3.00. The standard InChI is InChI=1S/C18H23NO2/c1-15-6-5-7-16(12-15)13-19(10-11-20)14-17-8-3-4-9-18(17)21-2/h3-9,12,20H,10-11,13-14H2,1-2H3. The number of benzene rings is 2. The number of para-hydroxylation sites is 1. The van der Waals surface area contributed by atoms with Gasteiger partial charge in [-0.2, -0.15) is 0 Å². The highest BCUT2D eigenvalue weighted by Crippen LogP contribution is 2.20. The Morgan fingerprint density at radius 3 is 2.57 bits per heavy atom. The Morgan fingerprint density at radius 1 is 1.05 bits per heavy atom. The van der Waals surface area contributed by atoms with Gasteiger partial charge in [-0.3, -0.25) is 4.90 Å². The molecule has 0 spiro atoms. The van der Waals surface area contributed by atoms with E-state index in [0.29, 0.717) is 6.54 Å². The van der Waals surface area contributed by atoms with Crippen LogP contribution in [-0.4, -0.2) is 30.3 Å². The van der Waals surface area contributed by atoms with Crippen molar-refractivity contribution in [2.45, 2.75) is 20.0 Å². The maximum Gasteiger partial charge on any atom is 0.123 e. The van der Waals surface area contributed by atoms with E-state index in [9.17, 15) is 5.11 Å². The summed E-state index contributed by atoms with van der Waals surface area (Å²) in [5.74, 6) is 0.893. The smallest absolute Gasteiger partial charge is 0.123 e. The van der Waals surface area contributed by atoms with Crippen molar-refractivity contribution in [1.82, 2.24) is 4.90 Å². The van der Waals surface area contributed by atoms with Gasteiger partial charge in [0.2, 0.25) is 0 Å². The molecule has 21 heavy (non-hydrogen) atoms. The molecule has 0 unspecified atom stereocenters. The minimum atomic E-state index is 0.154. The maximum absolute atomic E-state index is 9.30. The summed E-state index contributed by atoms with van der Waals surface area (Å²) in [6.07, 6.45) is 0. The van der Waals surface area contributed by atoms with Crippen molar-refractivity contribution in [3.05, 3.63) is 65.2 Å². The number of methoxy groups -OCH3 is 1. The summed E-state index contributed by atoms with van der Waals surface area (Å²) >= 11 is 0. The number of nitrogens with zero attached hydrogens (tertiary/aromatic N) is 1. The van der Waals surface area contributed by atoms with E-state index in [1.54, 1.807) is 7.11 Å². The van der Waals surface area contributed by atoms with Gasteiger partial charge in [0, 0.05) is 25.2 Å². The maximum atomic E-state index is 9.30. The molecular weight excluding hydrogens is 262 g/mol. The van der Waals surface area contributed by atoms with E-state index < -0.39 is 0 Å². The second-order valence-corrected chi connectivity index (χ2v) is 5.24. The zero-order chi connectivity index (χ0) is 15.1. The fraction of sp³-hybridized carbons (Fsp3) is 0.333. The minimum absolute atomic E-state index is 0.154. The third kappa shape index (κ3) is 4.59. The van der Waals surface area contributed by atoms with Gasteiger partial charge in [0.1, 0.15) is 5.75 Å². The molecule has 0 saturated carbocycles. The SMILES string of the molecule is COc1ccccc1CN(CCO)Cc1cccc(C)c1. The van der Waals surface area contributed by atoms with Gasteiger partial charge in [-0.25, -0.2) is 0 Å². The number of aliphatic hydroxyl groups is 1. The van der Waals surface area contributed by atoms with Crippen molar-refractivity contribution >= 4 is 0 Å². The monoisotopic (exact) mass is 285 g/mol. The Morgan fingerprint density at radius 2 is 1.86 bits per heavy atom. The predicted molar refractivity (Wildman–Crippen MR) is 85.4 cm³/mol. The molecule has 0 heterocycles. The highest BCUT2D eigenvalue weighted by molar-refractivity contribution is 5.33. The van der Waals surface area contributed by atoms with E-state index in [4.69, 9.17) is 4.74 Å². The number of rotatable bonds is 7. The van der Waals surface area contributed by atoms with Crippen LogP contribution in [0.2, 0.25) is 0 Å². The topological polar surface area (TPSA) is 32.7 Å². The Hall–Kier alpha value is -1.84. The summed E-state index contributed by atoms with van der Waals surface area (Å²) in [4.78, 5) is 2.23. The van der Waals surface area contributed by atoms with Crippen molar-refractivity contribution in [2.24, 2.45) is 0 Å². The second kappa shape index (κ2) is 7.81. The van der Waals surface area contributed by atoms with Crippen LogP contribution in [0.5, 0.6) is 5.75 Å². The van der Waals surface area contributed by atoms with E-state index in [2.05, 4.69) is 42.2 Å². The third-order valence-corrected chi connectivity index (χ3v) is 3.49. The van der Waals surface area contributed by atoms with Crippen molar-refractivity contribution < 1.29 is 9.84 Å². The molecule has 2 rings (SSSR count). The van der Waals surface area contributed by atoms with Crippen molar-refractivity contribution in [3.63, 3.8) is 0 Å². The van der Waals surface area contributed by atoms with Crippen LogP contribution in [0.25, 0.3) is 0 Å². The lowest BCUT2D eigenvalue weighted by Gasteiger charge is -2.22. The Bertz CT molecular complexity index is 569. The van der Waals surface area contributed by atoms with Crippen LogP contribution in [0.1, 0.15) is 16.7 Å². The zero-order valence-electron chi connectivity index (χ0n) is 12.7. The average Bonchev–Trinajstić information content (AvgIpc) is 2.48. The van der Waals surface area contributed by atoms with Crippen LogP contribution < -0.4 is 4.74 Å². The van der Waals surface area contributed by atoms with Crippen LogP contribution in [-0.2, 0) is 13.1 Å². The molecule has 2 aromatic carbocycles. The zero-order valence-corrected chi connectivity index (χ0v) is 12.7. The van der Waals surface area contributed by atoms with Gasteiger partial charge < -0.3 is 9.84 Å². The molecule has 2 aromatic rings. The summed E-state index contributed by atoms with van der Waals surface area (Å²) in [5, 5.41) is 9.30. The highest BCUT2D eigenvalue weighted by atomic mass is 16.5. The van der Waals surface area contributed by atoms with Crippen LogP contribution >= 0.6 is 0 Å². The Balaban J connectivity index is 2.11. The third-order valence-electron chi connectivity index (χ3n) is 3.49. The van der Waals surface area contributed by atoms with E-state index in [-0.39, 0.29) is 6.61 Å². The number of hydrogen-bond acceptors (Lipinski definition) is 3. The lowest BCUT2D eigenvalue weighted by molar-refractivity contribution is 0.183. The average molecular weight is 285 g/mol. The molecule has 0 aliphatic rings. The molecule has 0 fully saturated rings. The van der Waals surface area contributed by atoms with Crippen LogP contribution in [0.4, 0.5) is 0 Å². The van der Waals surface area contributed by atoms with Gasteiger partial charge in [-0.05, 0) is 18.6 Å². The first-order chi connectivity index (χ1) is 10.2. The molecule has 0 bridgehead atoms. The summed E-state index contributed by atoms with van der Waals surface area (Å²) in [6, 6.07) is 16.5. The molecule has 3 nitrogen and oxygen atoms in total. The van der Waals surface area contributed by atoms with E-state index in [1.165, 1.54) is 11.1 Å². The fourth-order valence-corrected chi connectivity index (χ4v) is 2.50. The van der Waals surface area contributed by atoms with Gasteiger partial charge in [0.15, 0.2) is 0 Å². The first kappa shape index (κ1) is 15.5.